The van der Waals surface area contributed by atoms with E-state index in [0.29, 0.717) is 30.0 Å². The lowest BCUT2D eigenvalue weighted by atomic mass is 10.0. The number of fused-ring (bicyclic) bond motifs is 2. The smallest absolute Gasteiger partial charge is 0.305 e. The van der Waals surface area contributed by atoms with E-state index in [2.05, 4.69) is 10.2 Å². The number of ether oxygens (including phenoxy) is 2. The molecule has 2 saturated heterocycles. The number of nitrogens with zero attached hydrogens (tertiary/aromatic N) is 3. The standard InChI is InChI=1S/C28H38N4O5.ClH/c1-36-24-8-5-9-25(37-2)27(24)23-17-22(30-32(23)21-6-3-4-7-21)28(35)29-18(16-26(33)34)14-15-31-19-10-11-20(31)13-12-19;/h5,8-9,17-21H,3-4,6-7,10-16H2,1-2H3,(H,29,35)(H,33,34);1H/t18-,19?,20?;/m0./s1. The fourth-order valence-corrected chi connectivity index (χ4v) is 6.61. The van der Waals surface area contributed by atoms with E-state index in [-0.39, 0.29) is 36.5 Å². The Labute approximate surface area is 230 Å². The van der Waals surface area contributed by atoms with Crippen molar-refractivity contribution >= 4 is 24.3 Å². The molecule has 5 rings (SSSR count). The summed E-state index contributed by atoms with van der Waals surface area (Å²) in [5.41, 5.74) is 1.82. The lowest BCUT2D eigenvalue weighted by Crippen LogP contribution is -2.40. The van der Waals surface area contributed by atoms with Gasteiger partial charge in [0.05, 0.1) is 37.9 Å². The lowest BCUT2D eigenvalue weighted by molar-refractivity contribution is -0.137. The van der Waals surface area contributed by atoms with Crippen LogP contribution in [-0.2, 0) is 4.79 Å². The Morgan fingerprint density at radius 1 is 1.03 bits per heavy atom. The summed E-state index contributed by atoms with van der Waals surface area (Å²) in [6.45, 7) is 0.813. The van der Waals surface area contributed by atoms with Crippen LogP contribution in [0.2, 0.25) is 0 Å². The van der Waals surface area contributed by atoms with Gasteiger partial charge in [-0.25, -0.2) is 0 Å². The molecule has 1 aromatic carbocycles. The third kappa shape index (κ3) is 5.78. The number of carbonyl (C=O) groups excluding carboxylic acids is 1. The van der Waals surface area contributed by atoms with E-state index in [1.807, 2.05) is 22.9 Å². The highest BCUT2D eigenvalue weighted by atomic mass is 35.5. The van der Waals surface area contributed by atoms with Crippen molar-refractivity contribution in [2.75, 3.05) is 20.8 Å². The van der Waals surface area contributed by atoms with Crippen LogP contribution in [0.5, 0.6) is 11.5 Å². The quantitative estimate of drug-likeness (QED) is 0.421. The highest BCUT2D eigenvalue weighted by molar-refractivity contribution is 5.94. The zero-order chi connectivity index (χ0) is 25.9. The number of amides is 1. The van der Waals surface area contributed by atoms with Crippen LogP contribution in [0.4, 0.5) is 0 Å². The van der Waals surface area contributed by atoms with Gasteiger partial charge in [0.15, 0.2) is 5.69 Å². The van der Waals surface area contributed by atoms with Gasteiger partial charge in [-0.3, -0.25) is 19.2 Å². The van der Waals surface area contributed by atoms with Crippen LogP contribution in [0.25, 0.3) is 11.3 Å². The summed E-state index contributed by atoms with van der Waals surface area (Å²) in [5, 5.41) is 17.3. The van der Waals surface area contributed by atoms with Crippen molar-refractivity contribution in [2.24, 2.45) is 0 Å². The summed E-state index contributed by atoms with van der Waals surface area (Å²) in [6.07, 6.45) is 9.65. The molecule has 1 aliphatic carbocycles. The molecule has 208 valence electrons. The maximum Gasteiger partial charge on any atom is 0.305 e. The molecule has 9 nitrogen and oxygen atoms in total. The summed E-state index contributed by atoms with van der Waals surface area (Å²) < 4.78 is 13.2. The van der Waals surface area contributed by atoms with Crippen molar-refractivity contribution in [1.82, 2.24) is 20.0 Å². The Morgan fingerprint density at radius 3 is 2.18 bits per heavy atom. The number of hydrogen-bond donors (Lipinski definition) is 2. The number of methoxy groups -OCH3 is 2. The van der Waals surface area contributed by atoms with Crippen molar-refractivity contribution in [2.45, 2.75) is 88.4 Å². The van der Waals surface area contributed by atoms with Crippen LogP contribution in [0.15, 0.2) is 24.3 Å². The summed E-state index contributed by atoms with van der Waals surface area (Å²) in [4.78, 5) is 27.6. The minimum absolute atomic E-state index is 0. The molecule has 0 unspecified atom stereocenters. The number of nitrogens with one attached hydrogen (secondary N) is 1. The second-order valence-electron chi connectivity index (χ2n) is 10.6. The Balaban J connectivity index is 0.00000336. The number of halogens is 1. The van der Waals surface area contributed by atoms with Crippen molar-refractivity contribution in [3.8, 4) is 22.8 Å². The molecule has 3 fully saturated rings. The van der Waals surface area contributed by atoms with Gasteiger partial charge in [0, 0.05) is 24.7 Å². The largest absolute Gasteiger partial charge is 0.496 e. The van der Waals surface area contributed by atoms with Crippen LogP contribution < -0.4 is 14.8 Å². The predicted octanol–water partition coefficient (Wildman–Crippen LogP) is 4.69. The zero-order valence-corrected chi connectivity index (χ0v) is 23.0. The number of aromatic nitrogens is 2. The highest BCUT2D eigenvalue weighted by Crippen LogP contribution is 2.42. The molecule has 1 saturated carbocycles. The van der Waals surface area contributed by atoms with Crippen molar-refractivity contribution in [3.63, 3.8) is 0 Å². The normalized spacial score (nSPS) is 21.7. The summed E-state index contributed by atoms with van der Waals surface area (Å²) >= 11 is 0. The second-order valence-corrected chi connectivity index (χ2v) is 10.6. The van der Waals surface area contributed by atoms with Gasteiger partial charge in [0.2, 0.25) is 0 Å². The van der Waals surface area contributed by atoms with Gasteiger partial charge in [-0.1, -0.05) is 18.9 Å². The monoisotopic (exact) mass is 546 g/mol. The van der Waals surface area contributed by atoms with E-state index in [9.17, 15) is 14.7 Å². The molecular formula is C28H39ClN4O5. The first-order chi connectivity index (χ1) is 18.0. The van der Waals surface area contributed by atoms with E-state index < -0.39 is 12.0 Å². The SMILES string of the molecule is COc1cccc(OC)c1-c1cc(C(=O)N[C@@H](CCN2C3CCC2CC3)CC(=O)O)nn1C1CCCC1.Cl. The average Bonchev–Trinajstić information content (AvgIpc) is 3.70. The number of hydrogen-bond acceptors (Lipinski definition) is 6. The van der Waals surface area contributed by atoms with Gasteiger partial charge < -0.3 is 19.9 Å². The van der Waals surface area contributed by atoms with Crippen molar-refractivity contribution in [3.05, 3.63) is 30.0 Å². The number of carbonyl (C=O) groups is 2. The molecule has 0 radical (unpaired) electrons. The number of aliphatic carboxylic acids is 1. The fourth-order valence-electron chi connectivity index (χ4n) is 6.61. The number of benzene rings is 1. The Bertz CT molecular complexity index is 1090. The molecule has 0 spiro atoms. The molecule has 2 aromatic rings. The molecular weight excluding hydrogens is 508 g/mol. The molecule has 3 heterocycles. The maximum atomic E-state index is 13.4. The van der Waals surface area contributed by atoms with Crippen LogP contribution in [0.1, 0.15) is 80.7 Å². The molecule has 1 aromatic heterocycles. The molecule has 2 aliphatic heterocycles. The second kappa shape index (κ2) is 12.4. The first-order valence-corrected chi connectivity index (χ1v) is 13.6. The van der Waals surface area contributed by atoms with Crippen LogP contribution in [-0.4, -0.2) is 70.6 Å². The summed E-state index contributed by atoms with van der Waals surface area (Å²) in [7, 11) is 3.23. The van der Waals surface area contributed by atoms with Crippen LogP contribution in [0.3, 0.4) is 0 Å². The molecule has 10 heteroatoms. The van der Waals surface area contributed by atoms with Gasteiger partial charge >= 0.3 is 5.97 Å². The van der Waals surface area contributed by atoms with E-state index >= 15 is 0 Å². The molecule has 2 N–H and O–H groups in total. The number of carboxylic acids is 1. The first kappa shape index (κ1) is 28.2. The van der Waals surface area contributed by atoms with E-state index in [0.717, 1.165) is 43.5 Å². The van der Waals surface area contributed by atoms with Gasteiger partial charge in [-0.15, -0.1) is 12.4 Å². The van der Waals surface area contributed by atoms with Gasteiger partial charge in [0.25, 0.3) is 5.91 Å². The fraction of sp³-hybridized carbons (Fsp3) is 0.607. The summed E-state index contributed by atoms with van der Waals surface area (Å²) in [6, 6.07) is 8.37. The zero-order valence-electron chi connectivity index (χ0n) is 22.2. The summed E-state index contributed by atoms with van der Waals surface area (Å²) in [5.74, 6) is 0.0389. The van der Waals surface area contributed by atoms with Crippen molar-refractivity contribution < 1.29 is 24.2 Å². The maximum absolute atomic E-state index is 13.4. The lowest BCUT2D eigenvalue weighted by Gasteiger charge is -2.24. The Morgan fingerprint density at radius 2 is 1.63 bits per heavy atom. The molecule has 1 atom stereocenters. The molecule has 38 heavy (non-hydrogen) atoms. The third-order valence-corrected chi connectivity index (χ3v) is 8.42. The Hall–Kier alpha value is -2.78. The van der Waals surface area contributed by atoms with Gasteiger partial charge in [-0.05, 0) is 63.1 Å². The minimum atomic E-state index is -0.911. The molecule has 3 aliphatic rings. The van der Waals surface area contributed by atoms with Crippen LogP contribution in [0, 0.1) is 0 Å². The first-order valence-electron chi connectivity index (χ1n) is 13.6. The molecule has 1 amide bonds. The number of rotatable bonds is 11. The minimum Gasteiger partial charge on any atom is -0.496 e. The van der Waals surface area contributed by atoms with E-state index in [1.165, 1.54) is 25.7 Å². The Kier molecular flexibility index (Phi) is 9.20. The van der Waals surface area contributed by atoms with Crippen molar-refractivity contribution in [1.29, 1.82) is 0 Å². The van der Waals surface area contributed by atoms with E-state index in [4.69, 9.17) is 14.6 Å². The van der Waals surface area contributed by atoms with E-state index in [1.54, 1.807) is 20.3 Å². The van der Waals surface area contributed by atoms with Crippen LogP contribution >= 0.6 is 12.4 Å². The topological polar surface area (TPSA) is 106 Å². The number of carboxylic acid groups (broad SMARTS) is 1. The average molecular weight is 547 g/mol. The predicted molar refractivity (Wildman–Crippen MR) is 146 cm³/mol. The van der Waals surface area contributed by atoms with Gasteiger partial charge in [-0.2, -0.15) is 5.10 Å². The third-order valence-electron chi connectivity index (χ3n) is 8.42. The van der Waals surface area contributed by atoms with Gasteiger partial charge in [0.1, 0.15) is 11.5 Å². The molecule has 2 bridgehead atoms. The highest BCUT2D eigenvalue weighted by Gasteiger charge is 2.39.